The van der Waals surface area contributed by atoms with Crippen molar-refractivity contribution in [2.45, 2.75) is 26.2 Å². The number of hydrogen-bond acceptors (Lipinski definition) is 1. The van der Waals surface area contributed by atoms with Crippen LogP contribution in [0.25, 0.3) is 0 Å². The third-order valence-electron chi connectivity index (χ3n) is 2.29. The zero-order valence-corrected chi connectivity index (χ0v) is 7.59. The molecule has 1 atom stereocenters. The van der Waals surface area contributed by atoms with Gasteiger partial charge in [-0.05, 0) is 12.0 Å². The zero-order chi connectivity index (χ0) is 9.84. The van der Waals surface area contributed by atoms with Crippen LogP contribution in [0.5, 0.6) is 0 Å². The molecular weight excluding hydrogens is 171 g/mol. The van der Waals surface area contributed by atoms with Gasteiger partial charge in [-0.1, -0.05) is 19.4 Å². The van der Waals surface area contributed by atoms with Gasteiger partial charge in [0.1, 0.15) is 0 Å². The van der Waals surface area contributed by atoms with Gasteiger partial charge in [0.2, 0.25) is 0 Å². The van der Waals surface area contributed by atoms with Crippen LogP contribution >= 0.6 is 0 Å². The van der Waals surface area contributed by atoms with Crippen molar-refractivity contribution in [2.24, 2.45) is 5.92 Å². The first-order valence-corrected chi connectivity index (χ1v) is 4.42. The second-order valence-electron chi connectivity index (χ2n) is 3.25. The van der Waals surface area contributed by atoms with Crippen molar-refractivity contribution in [2.75, 3.05) is 0 Å². The van der Waals surface area contributed by atoms with Gasteiger partial charge in [-0.15, -0.1) is 0 Å². The van der Waals surface area contributed by atoms with E-state index in [4.69, 9.17) is 5.11 Å². The number of rotatable bonds is 3. The first kappa shape index (κ1) is 9.96. The molecule has 0 aliphatic heterocycles. The van der Waals surface area contributed by atoms with Crippen molar-refractivity contribution in [1.82, 2.24) is 0 Å². The Bertz CT molecular complexity index is 266. The van der Waals surface area contributed by atoms with Crippen molar-refractivity contribution in [3.8, 4) is 0 Å². The van der Waals surface area contributed by atoms with E-state index in [2.05, 4.69) is 0 Å². The van der Waals surface area contributed by atoms with Crippen LogP contribution in [0.15, 0.2) is 23.6 Å². The van der Waals surface area contributed by atoms with E-state index in [1.807, 2.05) is 6.92 Å². The lowest BCUT2D eigenvalue weighted by Crippen LogP contribution is -1.96. The zero-order valence-electron chi connectivity index (χ0n) is 7.59. The summed E-state index contributed by atoms with van der Waals surface area (Å²) in [4.78, 5) is 10.6. The molecule has 0 spiro atoms. The molecule has 0 radical (unpaired) electrons. The van der Waals surface area contributed by atoms with Crippen molar-refractivity contribution < 1.29 is 14.3 Å². The standard InChI is InChI=1S/C10H13FO2/c1-2-3-7-4-8(10(12)13)5-9(7)6-11/h4,6-7H,2-3,5H2,1H3,(H,12,13)/b9-6+/t7-/m1/s1. The summed E-state index contributed by atoms with van der Waals surface area (Å²) >= 11 is 0. The minimum absolute atomic E-state index is 0.00102. The summed E-state index contributed by atoms with van der Waals surface area (Å²) in [6.45, 7) is 2.00. The minimum atomic E-state index is -0.932. The average molecular weight is 184 g/mol. The van der Waals surface area contributed by atoms with Gasteiger partial charge < -0.3 is 5.11 Å². The molecule has 0 fully saturated rings. The van der Waals surface area contributed by atoms with Gasteiger partial charge in [-0.3, -0.25) is 0 Å². The Morgan fingerprint density at radius 3 is 3.00 bits per heavy atom. The molecule has 72 valence electrons. The second kappa shape index (κ2) is 4.21. The smallest absolute Gasteiger partial charge is 0.331 e. The molecular formula is C10H13FO2. The fraction of sp³-hybridized carbons (Fsp3) is 0.500. The Kier molecular flexibility index (Phi) is 3.23. The summed E-state index contributed by atoms with van der Waals surface area (Å²) in [6.07, 6.45) is 4.23. The third-order valence-corrected chi connectivity index (χ3v) is 2.29. The largest absolute Gasteiger partial charge is 0.478 e. The maximum absolute atomic E-state index is 12.3. The average Bonchev–Trinajstić information content (AvgIpc) is 2.48. The number of allylic oxidation sites excluding steroid dienone is 2. The number of carboxylic acids is 1. The first-order valence-electron chi connectivity index (χ1n) is 4.42. The number of aliphatic carboxylic acids is 1. The van der Waals surface area contributed by atoms with Crippen molar-refractivity contribution >= 4 is 5.97 Å². The van der Waals surface area contributed by atoms with Gasteiger partial charge in [0.05, 0.1) is 6.33 Å². The predicted molar refractivity (Wildman–Crippen MR) is 47.9 cm³/mol. The molecule has 0 aromatic rings. The van der Waals surface area contributed by atoms with Gasteiger partial charge in [0.15, 0.2) is 0 Å². The van der Waals surface area contributed by atoms with E-state index in [1.54, 1.807) is 6.08 Å². The highest BCUT2D eigenvalue weighted by molar-refractivity contribution is 5.88. The lowest BCUT2D eigenvalue weighted by Gasteiger charge is -2.06. The van der Waals surface area contributed by atoms with Crippen molar-refractivity contribution in [1.29, 1.82) is 0 Å². The van der Waals surface area contributed by atoms with Gasteiger partial charge in [0.25, 0.3) is 0 Å². The number of carboxylic acid groups (broad SMARTS) is 1. The van der Waals surface area contributed by atoms with Crippen LogP contribution in [0.2, 0.25) is 0 Å². The number of carbonyl (C=O) groups is 1. The fourth-order valence-corrected chi connectivity index (χ4v) is 1.61. The summed E-state index contributed by atoms with van der Waals surface area (Å²) < 4.78 is 12.3. The Labute approximate surface area is 76.8 Å². The molecule has 0 unspecified atom stereocenters. The van der Waals surface area contributed by atoms with Gasteiger partial charge in [0, 0.05) is 17.9 Å². The highest BCUT2D eigenvalue weighted by Gasteiger charge is 2.24. The predicted octanol–water partition coefficient (Wildman–Crippen LogP) is 2.67. The monoisotopic (exact) mass is 184 g/mol. The molecule has 13 heavy (non-hydrogen) atoms. The molecule has 0 amide bonds. The van der Waals surface area contributed by atoms with Crippen LogP contribution in [-0.2, 0) is 4.79 Å². The van der Waals surface area contributed by atoms with Crippen LogP contribution in [0, 0.1) is 5.92 Å². The van der Waals surface area contributed by atoms with E-state index >= 15 is 0 Å². The molecule has 1 aliphatic carbocycles. The quantitative estimate of drug-likeness (QED) is 0.732. The molecule has 0 bridgehead atoms. The van der Waals surface area contributed by atoms with E-state index in [0.717, 1.165) is 12.8 Å². The third kappa shape index (κ3) is 2.17. The van der Waals surface area contributed by atoms with Crippen LogP contribution in [0.3, 0.4) is 0 Å². The molecule has 1 N–H and O–H groups in total. The van der Waals surface area contributed by atoms with Crippen LogP contribution < -0.4 is 0 Å². The lowest BCUT2D eigenvalue weighted by atomic mass is 9.99. The van der Waals surface area contributed by atoms with Gasteiger partial charge >= 0.3 is 5.97 Å². The fourth-order valence-electron chi connectivity index (χ4n) is 1.61. The van der Waals surface area contributed by atoms with Crippen LogP contribution in [0.4, 0.5) is 4.39 Å². The van der Waals surface area contributed by atoms with Crippen molar-refractivity contribution in [3.05, 3.63) is 23.6 Å². The summed E-state index contributed by atoms with van der Waals surface area (Å²) in [6, 6.07) is 0. The minimum Gasteiger partial charge on any atom is -0.478 e. The van der Waals surface area contributed by atoms with Gasteiger partial charge in [-0.2, -0.15) is 0 Å². The highest BCUT2D eigenvalue weighted by atomic mass is 19.1. The maximum atomic E-state index is 12.3. The summed E-state index contributed by atoms with van der Waals surface area (Å²) in [5.41, 5.74) is 0.918. The maximum Gasteiger partial charge on any atom is 0.331 e. The molecule has 2 nitrogen and oxygen atoms in total. The first-order chi connectivity index (χ1) is 6.19. The number of halogens is 1. The topological polar surface area (TPSA) is 37.3 Å². The molecule has 3 heteroatoms. The SMILES string of the molecule is CCC[C@@H]1C=C(C(=O)O)C/C1=C\F. The van der Waals surface area contributed by atoms with E-state index in [1.165, 1.54) is 0 Å². The van der Waals surface area contributed by atoms with Gasteiger partial charge in [-0.25, -0.2) is 9.18 Å². The molecule has 0 aromatic carbocycles. The van der Waals surface area contributed by atoms with E-state index in [0.29, 0.717) is 17.5 Å². The lowest BCUT2D eigenvalue weighted by molar-refractivity contribution is -0.132. The second-order valence-corrected chi connectivity index (χ2v) is 3.25. The Hall–Kier alpha value is -1.12. The summed E-state index contributed by atoms with van der Waals surface area (Å²) in [5, 5.41) is 8.69. The summed E-state index contributed by atoms with van der Waals surface area (Å²) in [5.74, 6) is -0.931. The van der Waals surface area contributed by atoms with Crippen molar-refractivity contribution in [3.63, 3.8) is 0 Å². The van der Waals surface area contributed by atoms with Crippen LogP contribution in [-0.4, -0.2) is 11.1 Å². The molecule has 0 aromatic heterocycles. The van der Waals surface area contributed by atoms with Crippen LogP contribution in [0.1, 0.15) is 26.2 Å². The Morgan fingerprint density at radius 1 is 1.85 bits per heavy atom. The van der Waals surface area contributed by atoms with E-state index < -0.39 is 5.97 Å². The summed E-state index contributed by atoms with van der Waals surface area (Å²) in [7, 11) is 0. The molecule has 1 aliphatic rings. The highest BCUT2D eigenvalue weighted by Crippen LogP contribution is 2.33. The van der Waals surface area contributed by atoms with E-state index in [-0.39, 0.29) is 12.3 Å². The Balaban J connectivity index is 2.75. The molecule has 0 heterocycles. The van der Waals surface area contributed by atoms with E-state index in [9.17, 15) is 9.18 Å². The Morgan fingerprint density at radius 2 is 2.54 bits per heavy atom. The molecule has 0 saturated heterocycles. The molecule has 0 saturated carbocycles. The molecule has 1 rings (SSSR count). The number of hydrogen-bond donors (Lipinski definition) is 1. The normalized spacial score (nSPS) is 24.9.